The van der Waals surface area contributed by atoms with E-state index in [1.54, 1.807) is 6.92 Å². The molecule has 0 aliphatic rings. The number of carbonyl (C=O) groups excluding carboxylic acids is 2. The van der Waals surface area contributed by atoms with Crippen molar-refractivity contribution in [1.29, 1.82) is 0 Å². The Bertz CT molecular complexity index is 281. The molecule has 0 rings (SSSR count). The van der Waals surface area contributed by atoms with E-state index < -0.39 is 17.8 Å². The minimum absolute atomic E-state index is 0.0691. The number of aliphatic carboxylic acids is 1. The highest BCUT2D eigenvalue weighted by molar-refractivity contribution is 6.02. The zero-order valence-electron chi connectivity index (χ0n) is 10.3. The van der Waals surface area contributed by atoms with Crippen molar-refractivity contribution in [3.05, 3.63) is 0 Å². The van der Waals surface area contributed by atoms with Crippen LogP contribution in [0, 0.1) is 17.8 Å². The maximum Gasteiger partial charge on any atom is 0.306 e. The first kappa shape index (κ1) is 14.8. The summed E-state index contributed by atoms with van der Waals surface area (Å²) in [6, 6.07) is 0. The van der Waals surface area contributed by atoms with Gasteiger partial charge in [-0.15, -0.1) is 0 Å². The van der Waals surface area contributed by atoms with Gasteiger partial charge in [0.15, 0.2) is 0 Å². The Morgan fingerprint density at radius 3 is 1.75 bits per heavy atom. The van der Waals surface area contributed by atoms with Gasteiger partial charge in [0.1, 0.15) is 11.6 Å². The van der Waals surface area contributed by atoms with Gasteiger partial charge in [-0.25, -0.2) is 0 Å². The zero-order valence-corrected chi connectivity index (χ0v) is 10.3. The van der Waals surface area contributed by atoms with Crippen molar-refractivity contribution in [3.8, 4) is 0 Å². The molecule has 0 bridgehead atoms. The third kappa shape index (κ3) is 5.05. The quantitative estimate of drug-likeness (QED) is 0.676. The smallest absolute Gasteiger partial charge is 0.306 e. The van der Waals surface area contributed by atoms with Gasteiger partial charge in [-0.1, -0.05) is 20.8 Å². The van der Waals surface area contributed by atoms with E-state index in [1.807, 2.05) is 13.8 Å². The summed E-state index contributed by atoms with van der Waals surface area (Å²) in [5, 5.41) is 8.66. The largest absolute Gasteiger partial charge is 0.481 e. The number of carboxylic acids is 1. The lowest BCUT2D eigenvalue weighted by Gasteiger charge is -2.12. The molecule has 2 unspecified atom stereocenters. The van der Waals surface area contributed by atoms with E-state index in [9.17, 15) is 14.4 Å². The minimum atomic E-state index is -1.00. The fourth-order valence-electron chi connectivity index (χ4n) is 1.32. The summed E-state index contributed by atoms with van der Waals surface area (Å²) < 4.78 is 0. The van der Waals surface area contributed by atoms with Crippen molar-refractivity contribution in [3.63, 3.8) is 0 Å². The number of hydrogen-bond donors (Lipinski definition) is 1. The molecule has 0 heterocycles. The van der Waals surface area contributed by atoms with Crippen molar-refractivity contribution in [1.82, 2.24) is 0 Å². The SMILES string of the molecule is CC(C)CC(=O)C(C)C(=O)CC(C)C(=O)O. The maximum atomic E-state index is 11.6. The Hall–Kier alpha value is -1.19. The van der Waals surface area contributed by atoms with Crippen LogP contribution in [-0.4, -0.2) is 22.6 Å². The fourth-order valence-corrected chi connectivity index (χ4v) is 1.32. The molecule has 2 atom stereocenters. The van der Waals surface area contributed by atoms with Crippen molar-refractivity contribution < 1.29 is 19.5 Å². The number of carbonyl (C=O) groups is 3. The monoisotopic (exact) mass is 228 g/mol. The van der Waals surface area contributed by atoms with E-state index in [0.717, 1.165) is 0 Å². The average molecular weight is 228 g/mol. The van der Waals surface area contributed by atoms with E-state index in [0.29, 0.717) is 6.42 Å². The molecule has 0 aromatic heterocycles. The Labute approximate surface area is 96.0 Å². The number of rotatable bonds is 7. The average Bonchev–Trinajstić information content (AvgIpc) is 2.14. The Morgan fingerprint density at radius 1 is 0.938 bits per heavy atom. The third-order valence-corrected chi connectivity index (χ3v) is 2.50. The maximum absolute atomic E-state index is 11.6. The van der Waals surface area contributed by atoms with E-state index in [4.69, 9.17) is 5.11 Å². The van der Waals surface area contributed by atoms with Gasteiger partial charge in [0.05, 0.1) is 11.8 Å². The molecule has 0 radical (unpaired) electrons. The molecule has 0 saturated heterocycles. The molecule has 4 heteroatoms. The molecular weight excluding hydrogens is 208 g/mol. The first-order valence-corrected chi connectivity index (χ1v) is 5.54. The Kier molecular flexibility index (Phi) is 5.93. The predicted molar refractivity (Wildman–Crippen MR) is 60.0 cm³/mol. The van der Waals surface area contributed by atoms with Crippen molar-refractivity contribution in [2.75, 3.05) is 0 Å². The van der Waals surface area contributed by atoms with Crippen LogP contribution in [-0.2, 0) is 14.4 Å². The zero-order chi connectivity index (χ0) is 12.9. The number of Topliss-reactive ketones (excluding diaryl/α,β-unsaturated/α-hetero) is 2. The molecule has 0 spiro atoms. The first-order valence-electron chi connectivity index (χ1n) is 5.54. The molecule has 1 N–H and O–H groups in total. The lowest BCUT2D eigenvalue weighted by Crippen LogP contribution is -2.25. The summed E-state index contributed by atoms with van der Waals surface area (Å²) in [5.41, 5.74) is 0. The summed E-state index contributed by atoms with van der Waals surface area (Å²) in [6.45, 7) is 6.85. The van der Waals surface area contributed by atoms with Crippen LogP contribution in [0.25, 0.3) is 0 Å². The van der Waals surface area contributed by atoms with Crippen LogP contribution in [0.2, 0.25) is 0 Å². The topological polar surface area (TPSA) is 71.4 Å². The van der Waals surface area contributed by atoms with E-state index in [2.05, 4.69) is 0 Å². The van der Waals surface area contributed by atoms with Gasteiger partial charge < -0.3 is 5.11 Å². The standard InChI is InChI=1S/C12H20O4/c1-7(2)5-10(13)9(4)11(14)6-8(3)12(15)16/h7-9H,5-6H2,1-4H3,(H,15,16). The summed E-state index contributed by atoms with van der Waals surface area (Å²) in [5.74, 6) is -2.55. The van der Waals surface area contributed by atoms with Gasteiger partial charge in [-0.2, -0.15) is 0 Å². The molecule has 0 saturated carbocycles. The van der Waals surface area contributed by atoms with Gasteiger partial charge in [0, 0.05) is 12.8 Å². The number of hydrogen-bond acceptors (Lipinski definition) is 3. The van der Waals surface area contributed by atoms with Gasteiger partial charge in [0.25, 0.3) is 0 Å². The predicted octanol–water partition coefficient (Wildman–Crippen LogP) is 1.92. The second-order valence-electron chi connectivity index (χ2n) is 4.70. The summed E-state index contributed by atoms with van der Waals surface area (Å²) in [7, 11) is 0. The molecule has 92 valence electrons. The summed E-state index contributed by atoms with van der Waals surface area (Å²) in [6.07, 6.45) is 0.300. The normalized spacial score (nSPS) is 14.6. The van der Waals surface area contributed by atoms with E-state index >= 15 is 0 Å². The van der Waals surface area contributed by atoms with Crippen LogP contribution < -0.4 is 0 Å². The van der Waals surface area contributed by atoms with Crippen molar-refractivity contribution in [2.45, 2.75) is 40.5 Å². The van der Waals surface area contributed by atoms with Gasteiger partial charge >= 0.3 is 5.97 Å². The summed E-state index contributed by atoms with van der Waals surface area (Å²) >= 11 is 0. The molecule has 16 heavy (non-hydrogen) atoms. The molecule has 0 aliphatic heterocycles. The van der Waals surface area contributed by atoms with E-state index in [-0.39, 0.29) is 23.9 Å². The van der Waals surface area contributed by atoms with E-state index in [1.165, 1.54) is 6.92 Å². The second kappa shape index (κ2) is 6.40. The molecule has 4 nitrogen and oxygen atoms in total. The fraction of sp³-hybridized carbons (Fsp3) is 0.750. The van der Waals surface area contributed by atoms with Gasteiger partial charge in [-0.3, -0.25) is 14.4 Å². The highest BCUT2D eigenvalue weighted by Gasteiger charge is 2.25. The number of carboxylic acid groups (broad SMARTS) is 1. The highest BCUT2D eigenvalue weighted by atomic mass is 16.4. The van der Waals surface area contributed by atoms with Crippen LogP contribution in [0.3, 0.4) is 0 Å². The van der Waals surface area contributed by atoms with Crippen LogP contribution in [0.15, 0.2) is 0 Å². The van der Waals surface area contributed by atoms with Gasteiger partial charge in [0.2, 0.25) is 0 Å². The van der Waals surface area contributed by atoms with Crippen LogP contribution in [0.5, 0.6) is 0 Å². The molecular formula is C12H20O4. The molecule has 0 fully saturated rings. The Balaban J connectivity index is 4.28. The van der Waals surface area contributed by atoms with Crippen LogP contribution in [0.4, 0.5) is 0 Å². The van der Waals surface area contributed by atoms with Crippen LogP contribution >= 0.6 is 0 Å². The second-order valence-corrected chi connectivity index (χ2v) is 4.70. The third-order valence-electron chi connectivity index (χ3n) is 2.50. The van der Waals surface area contributed by atoms with Crippen molar-refractivity contribution >= 4 is 17.5 Å². The Morgan fingerprint density at radius 2 is 1.38 bits per heavy atom. The van der Waals surface area contributed by atoms with Gasteiger partial charge in [-0.05, 0) is 12.8 Å². The molecule has 0 amide bonds. The molecule has 0 aromatic rings. The van der Waals surface area contributed by atoms with Crippen LogP contribution in [0.1, 0.15) is 40.5 Å². The van der Waals surface area contributed by atoms with Crippen molar-refractivity contribution in [2.24, 2.45) is 17.8 Å². The summed E-state index contributed by atoms with van der Waals surface area (Å²) in [4.78, 5) is 33.7. The minimum Gasteiger partial charge on any atom is -0.481 e. The highest BCUT2D eigenvalue weighted by Crippen LogP contribution is 2.13. The first-order chi connectivity index (χ1) is 7.25. The lowest BCUT2D eigenvalue weighted by atomic mass is 9.90. The lowest BCUT2D eigenvalue weighted by molar-refractivity contribution is -0.144. The molecule has 0 aromatic carbocycles. The molecule has 0 aliphatic carbocycles. The number of ketones is 2.